The Balaban J connectivity index is 3.00. The molecule has 0 fully saturated rings. The van der Waals surface area contributed by atoms with Gasteiger partial charge in [0.15, 0.2) is 0 Å². The Bertz CT molecular complexity index is 446. The molecule has 0 unspecified atom stereocenters. The molecule has 3 N–H and O–H groups in total. The highest BCUT2D eigenvalue weighted by Crippen LogP contribution is 1.88. The van der Waals surface area contributed by atoms with Crippen LogP contribution in [0.5, 0.6) is 0 Å². The van der Waals surface area contributed by atoms with Crippen LogP contribution in [0.3, 0.4) is 0 Å². The molecule has 0 saturated heterocycles. The maximum atomic E-state index is 11.5. The van der Waals surface area contributed by atoms with Gasteiger partial charge in [-0.1, -0.05) is 0 Å². The molecule has 6 nitrogen and oxygen atoms in total. The van der Waals surface area contributed by atoms with Gasteiger partial charge in [0.05, 0.1) is 0 Å². The van der Waals surface area contributed by atoms with Crippen LogP contribution in [0.15, 0.2) is 15.7 Å². The Labute approximate surface area is 87.3 Å². The van der Waals surface area contributed by atoms with E-state index >= 15 is 0 Å². The summed E-state index contributed by atoms with van der Waals surface area (Å²) in [5.41, 5.74) is 5.38. The fraction of sp³-hybridized carbons (Fsp3) is 0.556. The standard InChI is InChI=1S/C9H16N4O2/c1-12-7(6-11-4-3-10)5-8(14)13(2)9(12)15/h5,11H,3-4,6,10H2,1-2H3. The summed E-state index contributed by atoms with van der Waals surface area (Å²) in [5.74, 6) is 0. The minimum Gasteiger partial charge on any atom is -0.329 e. The van der Waals surface area contributed by atoms with Crippen LogP contribution in [0.25, 0.3) is 0 Å². The zero-order chi connectivity index (χ0) is 11.4. The van der Waals surface area contributed by atoms with Gasteiger partial charge in [0.25, 0.3) is 5.56 Å². The Morgan fingerprint density at radius 2 is 2.00 bits per heavy atom. The van der Waals surface area contributed by atoms with Crippen LogP contribution in [0, 0.1) is 0 Å². The summed E-state index contributed by atoms with van der Waals surface area (Å²) in [6.45, 7) is 1.65. The lowest BCUT2D eigenvalue weighted by Crippen LogP contribution is -2.39. The third-order valence-corrected chi connectivity index (χ3v) is 2.25. The van der Waals surface area contributed by atoms with Crippen molar-refractivity contribution in [2.75, 3.05) is 13.1 Å². The molecule has 1 rings (SSSR count). The smallest absolute Gasteiger partial charge is 0.329 e. The summed E-state index contributed by atoms with van der Waals surface area (Å²) in [4.78, 5) is 22.9. The summed E-state index contributed by atoms with van der Waals surface area (Å²) in [5, 5.41) is 3.03. The van der Waals surface area contributed by atoms with Gasteiger partial charge in [-0.2, -0.15) is 0 Å². The average Bonchev–Trinajstić information content (AvgIpc) is 2.23. The summed E-state index contributed by atoms with van der Waals surface area (Å²) in [6.07, 6.45) is 0. The molecule has 0 bridgehead atoms. The molecule has 6 heteroatoms. The minimum atomic E-state index is -0.313. The van der Waals surface area contributed by atoms with Crippen LogP contribution in [0.2, 0.25) is 0 Å². The van der Waals surface area contributed by atoms with Crippen LogP contribution in [0.1, 0.15) is 5.69 Å². The van der Waals surface area contributed by atoms with Gasteiger partial charge in [-0.3, -0.25) is 13.9 Å². The predicted molar refractivity (Wildman–Crippen MR) is 57.7 cm³/mol. The van der Waals surface area contributed by atoms with Crippen LogP contribution >= 0.6 is 0 Å². The van der Waals surface area contributed by atoms with E-state index in [4.69, 9.17) is 5.73 Å². The highest BCUT2D eigenvalue weighted by Gasteiger charge is 2.04. The number of nitrogens with one attached hydrogen (secondary N) is 1. The molecule has 1 aromatic rings. The second-order valence-electron chi connectivity index (χ2n) is 3.34. The van der Waals surface area contributed by atoms with Gasteiger partial charge in [0, 0.05) is 45.5 Å². The molecule has 0 aliphatic carbocycles. The minimum absolute atomic E-state index is 0.289. The molecule has 0 radical (unpaired) electrons. The number of rotatable bonds is 4. The van der Waals surface area contributed by atoms with Crippen molar-refractivity contribution in [2.24, 2.45) is 19.8 Å². The molecule has 0 aliphatic rings. The Morgan fingerprint density at radius 1 is 1.33 bits per heavy atom. The Morgan fingerprint density at radius 3 is 2.60 bits per heavy atom. The van der Waals surface area contributed by atoms with Gasteiger partial charge in [-0.15, -0.1) is 0 Å². The highest BCUT2D eigenvalue weighted by atomic mass is 16.2. The van der Waals surface area contributed by atoms with Crippen molar-refractivity contribution in [3.05, 3.63) is 32.6 Å². The zero-order valence-corrected chi connectivity index (χ0v) is 8.99. The van der Waals surface area contributed by atoms with E-state index < -0.39 is 0 Å². The molecule has 1 heterocycles. The summed E-state index contributed by atoms with van der Waals surface area (Å²) >= 11 is 0. The normalized spacial score (nSPS) is 10.6. The van der Waals surface area contributed by atoms with Gasteiger partial charge in [-0.25, -0.2) is 4.79 Å². The third kappa shape index (κ3) is 2.54. The largest absolute Gasteiger partial charge is 0.330 e. The first kappa shape index (κ1) is 11.7. The lowest BCUT2D eigenvalue weighted by atomic mass is 10.4. The van der Waals surface area contributed by atoms with Crippen LogP contribution < -0.4 is 22.3 Å². The lowest BCUT2D eigenvalue weighted by Gasteiger charge is -2.09. The van der Waals surface area contributed by atoms with Crippen molar-refractivity contribution < 1.29 is 0 Å². The first-order valence-electron chi connectivity index (χ1n) is 4.74. The predicted octanol–water partition coefficient (Wildman–Crippen LogP) is -1.87. The van der Waals surface area contributed by atoms with Gasteiger partial charge in [-0.05, 0) is 0 Å². The maximum Gasteiger partial charge on any atom is 0.330 e. The second kappa shape index (κ2) is 4.90. The van der Waals surface area contributed by atoms with E-state index in [1.54, 1.807) is 7.05 Å². The summed E-state index contributed by atoms with van der Waals surface area (Å²) in [7, 11) is 3.10. The molecule has 1 aromatic heterocycles. The lowest BCUT2D eigenvalue weighted by molar-refractivity contribution is 0.604. The topological polar surface area (TPSA) is 82.1 Å². The first-order chi connectivity index (χ1) is 7.07. The van der Waals surface area contributed by atoms with Crippen molar-refractivity contribution in [3.8, 4) is 0 Å². The molecule has 0 saturated carbocycles. The number of hydrogen-bond donors (Lipinski definition) is 2. The quantitative estimate of drug-likeness (QED) is 0.573. The summed E-state index contributed by atoms with van der Waals surface area (Å²) in [6, 6.07) is 1.45. The van der Waals surface area contributed by atoms with Crippen LogP contribution in [0.4, 0.5) is 0 Å². The molecule has 0 spiro atoms. The van der Waals surface area contributed by atoms with Crippen molar-refractivity contribution in [2.45, 2.75) is 6.54 Å². The maximum absolute atomic E-state index is 11.5. The van der Waals surface area contributed by atoms with Crippen molar-refractivity contribution >= 4 is 0 Å². The second-order valence-corrected chi connectivity index (χ2v) is 3.34. The number of nitrogens with zero attached hydrogens (tertiary/aromatic N) is 2. The molecular weight excluding hydrogens is 196 g/mol. The van der Waals surface area contributed by atoms with E-state index in [9.17, 15) is 9.59 Å². The zero-order valence-electron chi connectivity index (χ0n) is 8.99. The van der Waals surface area contributed by atoms with E-state index in [2.05, 4.69) is 5.32 Å². The van der Waals surface area contributed by atoms with Gasteiger partial charge in [0.1, 0.15) is 0 Å². The average molecular weight is 212 g/mol. The van der Waals surface area contributed by atoms with E-state index in [1.165, 1.54) is 17.7 Å². The number of aromatic nitrogens is 2. The van der Waals surface area contributed by atoms with Crippen LogP contribution in [-0.4, -0.2) is 22.2 Å². The van der Waals surface area contributed by atoms with Crippen molar-refractivity contribution in [1.29, 1.82) is 0 Å². The monoisotopic (exact) mass is 212 g/mol. The first-order valence-corrected chi connectivity index (χ1v) is 4.74. The highest BCUT2D eigenvalue weighted by molar-refractivity contribution is 5.01. The van der Waals surface area contributed by atoms with Crippen molar-refractivity contribution in [3.63, 3.8) is 0 Å². The third-order valence-electron chi connectivity index (χ3n) is 2.25. The van der Waals surface area contributed by atoms with Crippen molar-refractivity contribution in [1.82, 2.24) is 14.5 Å². The molecule has 15 heavy (non-hydrogen) atoms. The van der Waals surface area contributed by atoms with E-state index in [0.29, 0.717) is 25.3 Å². The van der Waals surface area contributed by atoms with E-state index in [1.807, 2.05) is 0 Å². The van der Waals surface area contributed by atoms with E-state index in [0.717, 1.165) is 4.57 Å². The Hall–Kier alpha value is -1.40. The van der Waals surface area contributed by atoms with Gasteiger partial charge >= 0.3 is 5.69 Å². The molecular formula is C9H16N4O2. The fourth-order valence-corrected chi connectivity index (χ4v) is 1.27. The number of nitrogens with two attached hydrogens (primary N) is 1. The van der Waals surface area contributed by atoms with E-state index in [-0.39, 0.29) is 11.2 Å². The SMILES string of the molecule is Cn1c(CNCCN)cc(=O)n(C)c1=O. The Kier molecular flexibility index (Phi) is 3.81. The number of hydrogen-bond acceptors (Lipinski definition) is 4. The fourth-order valence-electron chi connectivity index (χ4n) is 1.27. The van der Waals surface area contributed by atoms with Gasteiger partial charge < -0.3 is 11.1 Å². The molecule has 0 aromatic carbocycles. The molecule has 84 valence electrons. The summed E-state index contributed by atoms with van der Waals surface area (Å²) < 4.78 is 2.53. The molecule has 0 amide bonds. The molecule has 0 atom stereocenters. The van der Waals surface area contributed by atoms with Crippen LogP contribution in [-0.2, 0) is 20.6 Å². The van der Waals surface area contributed by atoms with Gasteiger partial charge in [0.2, 0.25) is 0 Å². The molecule has 0 aliphatic heterocycles.